The Hall–Kier alpha value is -1.59. The molecule has 2 aliphatic heterocycles. The fourth-order valence-corrected chi connectivity index (χ4v) is 3.95. The van der Waals surface area contributed by atoms with Gasteiger partial charge in [-0.3, -0.25) is 9.69 Å². The lowest BCUT2D eigenvalue weighted by atomic mass is 10.1. The van der Waals surface area contributed by atoms with E-state index in [9.17, 15) is 4.79 Å². The van der Waals surface area contributed by atoms with E-state index in [1.165, 1.54) is 0 Å². The first-order valence-electron chi connectivity index (χ1n) is 8.89. The zero-order valence-electron chi connectivity index (χ0n) is 14.9. The average molecular weight is 332 g/mol. The number of amides is 1. The fraction of sp³-hybridized carbons (Fsp3) is 0.632. The van der Waals surface area contributed by atoms with Crippen molar-refractivity contribution in [1.29, 1.82) is 0 Å². The second-order valence-corrected chi connectivity index (χ2v) is 7.00. The summed E-state index contributed by atoms with van der Waals surface area (Å²) < 4.78 is 11.1. The Kier molecular flexibility index (Phi) is 5.41. The SMILES string of the molecule is COc1cccc(C(=O)N2CCCC2CN2CC(C)OC(C)C2)c1. The van der Waals surface area contributed by atoms with Crippen molar-refractivity contribution in [3.63, 3.8) is 0 Å². The molecule has 3 rings (SSSR count). The molecule has 2 fully saturated rings. The molecule has 2 aliphatic rings. The normalized spacial score (nSPS) is 28.1. The lowest BCUT2D eigenvalue weighted by molar-refractivity contribution is -0.0715. The molecular weight excluding hydrogens is 304 g/mol. The van der Waals surface area contributed by atoms with E-state index in [1.54, 1.807) is 7.11 Å². The summed E-state index contributed by atoms with van der Waals surface area (Å²) in [6.07, 6.45) is 2.68. The summed E-state index contributed by atoms with van der Waals surface area (Å²) in [5.41, 5.74) is 0.713. The molecule has 5 heteroatoms. The van der Waals surface area contributed by atoms with Crippen molar-refractivity contribution >= 4 is 5.91 Å². The molecule has 1 aromatic carbocycles. The van der Waals surface area contributed by atoms with Crippen molar-refractivity contribution in [2.45, 2.75) is 44.9 Å². The van der Waals surface area contributed by atoms with E-state index in [4.69, 9.17) is 9.47 Å². The molecule has 0 aromatic heterocycles. The minimum Gasteiger partial charge on any atom is -0.497 e. The van der Waals surface area contributed by atoms with Crippen LogP contribution in [0.3, 0.4) is 0 Å². The van der Waals surface area contributed by atoms with Gasteiger partial charge in [0.2, 0.25) is 0 Å². The lowest BCUT2D eigenvalue weighted by Crippen LogP contribution is -2.50. The van der Waals surface area contributed by atoms with Crippen LogP contribution >= 0.6 is 0 Å². The van der Waals surface area contributed by atoms with Crippen molar-refractivity contribution in [1.82, 2.24) is 9.80 Å². The van der Waals surface area contributed by atoms with Crippen LogP contribution in [0.2, 0.25) is 0 Å². The van der Waals surface area contributed by atoms with Gasteiger partial charge in [0.1, 0.15) is 5.75 Å². The molecule has 0 N–H and O–H groups in total. The van der Waals surface area contributed by atoms with Gasteiger partial charge in [0.25, 0.3) is 5.91 Å². The summed E-state index contributed by atoms with van der Waals surface area (Å²) in [6, 6.07) is 7.74. The van der Waals surface area contributed by atoms with Crippen LogP contribution < -0.4 is 4.74 Å². The quantitative estimate of drug-likeness (QED) is 0.849. The zero-order valence-corrected chi connectivity index (χ0v) is 14.9. The Balaban J connectivity index is 1.67. The van der Waals surface area contributed by atoms with E-state index in [1.807, 2.05) is 29.2 Å². The van der Waals surface area contributed by atoms with Gasteiger partial charge >= 0.3 is 0 Å². The van der Waals surface area contributed by atoms with E-state index in [0.29, 0.717) is 11.6 Å². The number of hydrogen-bond acceptors (Lipinski definition) is 4. The maximum absolute atomic E-state index is 12.9. The largest absolute Gasteiger partial charge is 0.497 e. The minimum atomic E-state index is 0.116. The number of hydrogen-bond donors (Lipinski definition) is 0. The van der Waals surface area contributed by atoms with Crippen LogP contribution in [0, 0.1) is 0 Å². The molecule has 0 aliphatic carbocycles. The molecule has 2 heterocycles. The standard InChI is InChI=1S/C19H28N2O3/c1-14-11-20(12-15(2)24-14)13-17-7-5-9-21(17)19(22)16-6-4-8-18(10-16)23-3/h4,6,8,10,14-15,17H,5,7,9,11-13H2,1-3H3. The van der Waals surface area contributed by atoms with Gasteiger partial charge in [-0.25, -0.2) is 0 Å². The van der Waals surface area contributed by atoms with Gasteiger partial charge in [-0.2, -0.15) is 0 Å². The summed E-state index contributed by atoms with van der Waals surface area (Å²) in [7, 11) is 1.63. The van der Waals surface area contributed by atoms with Crippen LogP contribution in [0.5, 0.6) is 5.75 Å². The summed E-state index contributed by atoms with van der Waals surface area (Å²) in [4.78, 5) is 17.4. The summed E-state index contributed by atoms with van der Waals surface area (Å²) in [5, 5.41) is 0. The highest BCUT2D eigenvalue weighted by Crippen LogP contribution is 2.24. The number of carbonyl (C=O) groups excluding carboxylic acids is 1. The molecule has 2 saturated heterocycles. The highest BCUT2D eigenvalue weighted by atomic mass is 16.5. The van der Waals surface area contributed by atoms with E-state index in [-0.39, 0.29) is 18.1 Å². The first-order chi connectivity index (χ1) is 11.6. The molecule has 1 aromatic rings. The molecule has 0 spiro atoms. The Bertz CT molecular complexity index is 567. The van der Waals surface area contributed by atoms with Crippen molar-refractivity contribution in [3.05, 3.63) is 29.8 Å². The fourth-order valence-electron chi connectivity index (χ4n) is 3.95. The number of likely N-dealkylation sites (tertiary alicyclic amines) is 1. The maximum Gasteiger partial charge on any atom is 0.254 e. The van der Waals surface area contributed by atoms with Crippen molar-refractivity contribution in [2.24, 2.45) is 0 Å². The van der Waals surface area contributed by atoms with Crippen LogP contribution in [-0.2, 0) is 4.74 Å². The lowest BCUT2D eigenvalue weighted by Gasteiger charge is -2.38. The average Bonchev–Trinajstić information content (AvgIpc) is 3.01. The van der Waals surface area contributed by atoms with Crippen molar-refractivity contribution in [3.8, 4) is 5.75 Å². The molecule has 3 unspecified atom stereocenters. The second kappa shape index (κ2) is 7.53. The summed E-state index contributed by atoms with van der Waals surface area (Å²) in [6.45, 7) is 7.92. The van der Waals surface area contributed by atoms with Gasteiger partial charge < -0.3 is 14.4 Å². The summed E-state index contributed by atoms with van der Waals surface area (Å²) in [5.74, 6) is 0.846. The highest BCUT2D eigenvalue weighted by molar-refractivity contribution is 5.95. The molecule has 0 radical (unpaired) electrons. The first-order valence-corrected chi connectivity index (χ1v) is 8.89. The molecule has 24 heavy (non-hydrogen) atoms. The Morgan fingerprint density at radius 3 is 2.75 bits per heavy atom. The predicted octanol–water partition coefficient (Wildman–Crippen LogP) is 2.41. The van der Waals surface area contributed by atoms with Gasteiger partial charge in [0.05, 0.1) is 19.3 Å². The Morgan fingerprint density at radius 1 is 1.29 bits per heavy atom. The number of methoxy groups -OCH3 is 1. The van der Waals surface area contributed by atoms with Gasteiger partial charge in [-0.1, -0.05) is 6.07 Å². The monoisotopic (exact) mass is 332 g/mol. The third-order valence-electron chi connectivity index (χ3n) is 4.92. The molecule has 0 saturated carbocycles. The van der Waals surface area contributed by atoms with Crippen LogP contribution in [0.25, 0.3) is 0 Å². The van der Waals surface area contributed by atoms with Crippen LogP contribution in [0.15, 0.2) is 24.3 Å². The molecule has 3 atom stereocenters. The number of morpholine rings is 1. The molecule has 0 bridgehead atoms. The van der Waals surface area contributed by atoms with E-state index >= 15 is 0 Å². The van der Waals surface area contributed by atoms with Gasteiger partial charge in [-0.15, -0.1) is 0 Å². The van der Waals surface area contributed by atoms with Crippen LogP contribution in [-0.4, -0.2) is 67.2 Å². The molecular formula is C19H28N2O3. The van der Waals surface area contributed by atoms with Crippen LogP contribution in [0.1, 0.15) is 37.0 Å². The van der Waals surface area contributed by atoms with Gasteiger partial charge in [0.15, 0.2) is 0 Å². The van der Waals surface area contributed by atoms with Gasteiger partial charge in [-0.05, 0) is 44.9 Å². The van der Waals surface area contributed by atoms with E-state index < -0.39 is 0 Å². The minimum absolute atomic E-state index is 0.116. The topological polar surface area (TPSA) is 42.0 Å². The smallest absolute Gasteiger partial charge is 0.254 e. The van der Waals surface area contributed by atoms with E-state index in [2.05, 4.69) is 18.7 Å². The number of rotatable bonds is 4. The third-order valence-corrected chi connectivity index (χ3v) is 4.92. The Labute approximate surface area is 144 Å². The second-order valence-electron chi connectivity index (χ2n) is 7.00. The summed E-state index contributed by atoms with van der Waals surface area (Å²) >= 11 is 0. The van der Waals surface area contributed by atoms with Crippen LogP contribution in [0.4, 0.5) is 0 Å². The van der Waals surface area contributed by atoms with Crippen molar-refractivity contribution < 1.29 is 14.3 Å². The number of nitrogens with zero attached hydrogens (tertiary/aromatic N) is 2. The Morgan fingerprint density at radius 2 is 2.04 bits per heavy atom. The third kappa shape index (κ3) is 3.90. The zero-order chi connectivity index (χ0) is 17.1. The number of benzene rings is 1. The molecule has 132 valence electrons. The predicted molar refractivity (Wildman–Crippen MR) is 93.5 cm³/mol. The number of ether oxygens (including phenoxy) is 2. The molecule has 1 amide bonds. The maximum atomic E-state index is 12.9. The van der Waals surface area contributed by atoms with Gasteiger partial charge in [0, 0.05) is 37.8 Å². The van der Waals surface area contributed by atoms with E-state index in [0.717, 1.165) is 44.8 Å². The first kappa shape index (κ1) is 17.2. The number of carbonyl (C=O) groups is 1. The van der Waals surface area contributed by atoms with Crippen molar-refractivity contribution in [2.75, 3.05) is 33.3 Å². The molecule has 5 nitrogen and oxygen atoms in total. The highest BCUT2D eigenvalue weighted by Gasteiger charge is 2.32.